The third-order valence-corrected chi connectivity index (χ3v) is 5.47. The van der Waals surface area contributed by atoms with Crippen molar-refractivity contribution in [3.8, 4) is 11.5 Å². The normalized spacial score (nSPS) is 17.4. The zero-order valence-electron chi connectivity index (χ0n) is 15.0. The van der Waals surface area contributed by atoms with Gasteiger partial charge in [0.25, 0.3) is 0 Å². The number of hydrogen-bond acceptors (Lipinski definition) is 4. The fraction of sp³-hybridized carbons (Fsp3) is 0.381. The molecule has 0 saturated carbocycles. The fourth-order valence-electron chi connectivity index (χ4n) is 4.18. The Kier molecular flexibility index (Phi) is 4.98. The fourth-order valence-corrected chi connectivity index (χ4v) is 4.30. The molecular weight excluding hydrogens is 366 g/mol. The second-order valence-electron chi connectivity index (χ2n) is 7.47. The minimum absolute atomic E-state index is 0.139. The number of rotatable bonds is 7. The van der Waals surface area contributed by atoms with Gasteiger partial charge in [-0.3, -0.25) is 9.69 Å². The van der Waals surface area contributed by atoms with E-state index in [4.69, 9.17) is 26.2 Å². The van der Waals surface area contributed by atoms with Crippen molar-refractivity contribution in [2.24, 2.45) is 5.41 Å². The van der Waals surface area contributed by atoms with Crippen molar-refractivity contribution in [1.29, 1.82) is 0 Å². The molecule has 1 N–H and O–H groups in total. The summed E-state index contributed by atoms with van der Waals surface area (Å²) in [6.07, 6.45) is 2.02. The van der Waals surface area contributed by atoms with Crippen LogP contribution in [0.4, 0.5) is 0 Å². The van der Waals surface area contributed by atoms with E-state index in [1.807, 2.05) is 23.1 Å². The molecule has 4 rings (SSSR count). The Balaban J connectivity index is 1.26. The molecule has 1 heterocycles. The van der Waals surface area contributed by atoms with Gasteiger partial charge in [-0.15, -0.1) is 0 Å². The largest absolute Gasteiger partial charge is 0.490 e. The summed E-state index contributed by atoms with van der Waals surface area (Å²) in [7, 11) is 0. The molecule has 0 unspecified atom stereocenters. The maximum Gasteiger partial charge on any atom is 0.317 e. The average molecular weight is 388 g/mol. The summed E-state index contributed by atoms with van der Waals surface area (Å²) in [6.45, 7) is 2.80. The molecular formula is C21H22ClNO4. The molecule has 2 aromatic carbocycles. The molecule has 0 radical (unpaired) electrons. The molecule has 1 spiro atoms. The van der Waals surface area contributed by atoms with Crippen LogP contribution in [-0.4, -0.2) is 48.8 Å². The quantitative estimate of drug-likeness (QED) is 0.739. The number of likely N-dealkylation sites (tertiary alicyclic amines) is 1. The van der Waals surface area contributed by atoms with Crippen molar-refractivity contribution in [3.63, 3.8) is 0 Å². The summed E-state index contributed by atoms with van der Waals surface area (Å²) in [6, 6.07) is 13.5. The first-order valence-corrected chi connectivity index (χ1v) is 9.46. The zero-order valence-corrected chi connectivity index (χ0v) is 15.7. The maximum atomic E-state index is 10.8. The predicted molar refractivity (Wildman–Crippen MR) is 103 cm³/mol. The lowest BCUT2D eigenvalue weighted by molar-refractivity contribution is -0.141. The highest BCUT2D eigenvalue weighted by Crippen LogP contribution is 2.44. The molecule has 1 aliphatic heterocycles. The number of carboxylic acid groups (broad SMARTS) is 1. The Morgan fingerprint density at radius 2 is 1.63 bits per heavy atom. The van der Waals surface area contributed by atoms with Gasteiger partial charge in [-0.1, -0.05) is 17.7 Å². The van der Waals surface area contributed by atoms with Crippen LogP contribution < -0.4 is 9.47 Å². The van der Waals surface area contributed by atoms with Crippen LogP contribution in [0.2, 0.25) is 5.02 Å². The van der Waals surface area contributed by atoms with Crippen LogP contribution in [0.1, 0.15) is 11.1 Å². The van der Waals surface area contributed by atoms with E-state index < -0.39 is 5.97 Å². The average Bonchev–Trinajstić information content (AvgIpc) is 2.98. The number of nitrogens with zero attached hydrogens (tertiary/aromatic N) is 1. The van der Waals surface area contributed by atoms with Gasteiger partial charge in [0.05, 0.1) is 6.54 Å². The van der Waals surface area contributed by atoms with Crippen LogP contribution >= 0.6 is 11.6 Å². The lowest BCUT2D eigenvalue weighted by Gasteiger charge is -2.47. The van der Waals surface area contributed by atoms with E-state index in [0.717, 1.165) is 37.4 Å². The summed E-state index contributed by atoms with van der Waals surface area (Å²) in [5.41, 5.74) is 2.89. The molecule has 0 aromatic heterocycles. The number of carbonyl (C=O) groups is 1. The number of halogens is 1. The number of aliphatic carboxylic acids is 1. The van der Waals surface area contributed by atoms with Gasteiger partial charge in [0.1, 0.15) is 24.7 Å². The molecule has 142 valence electrons. The molecule has 0 atom stereocenters. The van der Waals surface area contributed by atoms with Crippen molar-refractivity contribution < 1.29 is 19.4 Å². The Morgan fingerprint density at radius 1 is 1.00 bits per heavy atom. The van der Waals surface area contributed by atoms with Gasteiger partial charge in [-0.25, -0.2) is 0 Å². The lowest BCUT2D eigenvalue weighted by Crippen LogP contribution is -2.58. The summed E-state index contributed by atoms with van der Waals surface area (Å²) in [5.74, 6) is 0.874. The van der Waals surface area contributed by atoms with Crippen LogP contribution in [0.15, 0.2) is 42.5 Å². The third-order valence-electron chi connectivity index (χ3n) is 5.22. The highest BCUT2D eigenvalue weighted by Gasteiger charge is 2.47. The maximum absolute atomic E-state index is 10.8. The van der Waals surface area contributed by atoms with Gasteiger partial charge >= 0.3 is 5.97 Å². The molecule has 1 fully saturated rings. The lowest BCUT2D eigenvalue weighted by atomic mass is 9.77. The van der Waals surface area contributed by atoms with E-state index in [0.29, 0.717) is 18.2 Å². The Morgan fingerprint density at radius 3 is 2.33 bits per heavy atom. The van der Waals surface area contributed by atoms with Crippen LogP contribution in [0.3, 0.4) is 0 Å². The number of fused-ring (bicyclic) bond motifs is 1. The summed E-state index contributed by atoms with van der Waals surface area (Å²) in [5, 5.41) is 9.59. The molecule has 0 amide bonds. The predicted octanol–water partition coefficient (Wildman–Crippen LogP) is 3.28. The van der Waals surface area contributed by atoms with Crippen LogP contribution in [0.5, 0.6) is 11.5 Å². The van der Waals surface area contributed by atoms with Gasteiger partial charge < -0.3 is 14.6 Å². The topological polar surface area (TPSA) is 59.0 Å². The second kappa shape index (κ2) is 7.41. The van der Waals surface area contributed by atoms with E-state index in [9.17, 15) is 4.79 Å². The van der Waals surface area contributed by atoms with Gasteiger partial charge in [0.2, 0.25) is 0 Å². The van der Waals surface area contributed by atoms with Crippen LogP contribution in [0.25, 0.3) is 0 Å². The van der Waals surface area contributed by atoms with E-state index in [1.165, 1.54) is 11.1 Å². The van der Waals surface area contributed by atoms with Crippen molar-refractivity contribution in [2.45, 2.75) is 12.8 Å². The SMILES string of the molecule is O=C(O)CN1CC2(Cc3ccc(OCCOc4ccc(Cl)cc4)cc3C2)C1. The number of benzene rings is 2. The number of hydrogen-bond donors (Lipinski definition) is 1. The van der Waals surface area contributed by atoms with E-state index >= 15 is 0 Å². The van der Waals surface area contributed by atoms with Gasteiger partial charge in [-0.2, -0.15) is 0 Å². The van der Waals surface area contributed by atoms with E-state index in [1.54, 1.807) is 12.1 Å². The first-order valence-electron chi connectivity index (χ1n) is 9.09. The summed E-state index contributed by atoms with van der Waals surface area (Å²) in [4.78, 5) is 12.8. The molecule has 5 nitrogen and oxygen atoms in total. The molecule has 2 aliphatic rings. The second-order valence-corrected chi connectivity index (χ2v) is 7.91. The van der Waals surface area contributed by atoms with Gasteiger partial charge in [0, 0.05) is 23.5 Å². The standard InChI is InChI=1S/C21H22ClNO4/c22-17-2-5-18(6-3-17)26-7-8-27-19-4-1-15-10-21(11-16(15)9-19)13-23(14-21)12-20(24)25/h1-6,9H,7-8,10-14H2,(H,24,25). The third kappa shape index (κ3) is 4.20. The molecule has 27 heavy (non-hydrogen) atoms. The number of ether oxygens (including phenoxy) is 2. The summed E-state index contributed by atoms with van der Waals surface area (Å²) >= 11 is 5.86. The van der Waals surface area contributed by atoms with Crippen molar-refractivity contribution in [1.82, 2.24) is 4.90 Å². The van der Waals surface area contributed by atoms with E-state index in [-0.39, 0.29) is 12.0 Å². The minimum atomic E-state index is -0.753. The van der Waals surface area contributed by atoms with Gasteiger partial charge in [-0.05, 0) is 60.4 Å². The Bertz CT molecular complexity index is 831. The molecule has 1 saturated heterocycles. The smallest absolute Gasteiger partial charge is 0.317 e. The zero-order chi connectivity index (χ0) is 18.9. The van der Waals surface area contributed by atoms with Crippen LogP contribution in [-0.2, 0) is 17.6 Å². The highest BCUT2D eigenvalue weighted by molar-refractivity contribution is 6.30. The number of carboxylic acids is 1. The van der Waals surface area contributed by atoms with Crippen molar-refractivity contribution in [3.05, 3.63) is 58.6 Å². The molecule has 6 heteroatoms. The van der Waals surface area contributed by atoms with E-state index in [2.05, 4.69) is 12.1 Å². The molecule has 0 bridgehead atoms. The summed E-state index contributed by atoms with van der Waals surface area (Å²) < 4.78 is 11.5. The van der Waals surface area contributed by atoms with Crippen molar-refractivity contribution >= 4 is 17.6 Å². The molecule has 1 aliphatic carbocycles. The van der Waals surface area contributed by atoms with Gasteiger partial charge in [0.15, 0.2) is 0 Å². The minimum Gasteiger partial charge on any atom is -0.490 e. The Hall–Kier alpha value is -2.24. The first-order chi connectivity index (χ1) is 13.0. The molecule has 2 aromatic rings. The van der Waals surface area contributed by atoms with Crippen molar-refractivity contribution in [2.75, 3.05) is 32.8 Å². The monoisotopic (exact) mass is 387 g/mol. The highest BCUT2D eigenvalue weighted by atomic mass is 35.5. The first kappa shape index (κ1) is 18.1. The van der Waals surface area contributed by atoms with Crippen LogP contribution in [0, 0.1) is 5.41 Å². The Labute approximate surface area is 163 Å².